The fourth-order valence-corrected chi connectivity index (χ4v) is 2.89. The number of esters is 1. The highest BCUT2D eigenvalue weighted by atomic mass is 16.7. The molecular formula is C21H35N3O7. The highest BCUT2D eigenvalue weighted by Gasteiger charge is 2.44. The largest absolute Gasteiger partial charge is 0.464 e. The molecule has 0 bridgehead atoms. The van der Waals surface area contributed by atoms with Gasteiger partial charge in [0.15, 0.2) is 0 Å². The molecule has 1 rings (SSSR count). The number of carbonyl (C=O) groups is 4. The molecule has 0 spiro atoms. The van der Waals surface area contributed by atoms with Gasteiger partial charge in [-0.25, -0.2) is 14.4 Å². The van der Waals surface area contributed by atoms with Gasteiger partial charge in [-0.2, -0.15) is 0 Å². The van der Waals surface area contributed by atoms with Gasteiger partial charge in [-0.3, -0.25) is 9.69 Å². The second-order valence-electron chi connectivity index (χ2n) is 9.24. The molecule has 0 saturated carbocycles. The van der Waals surface area contributed by atoms with E-state index in [0.29, 0.717) is 12.8 Å². The molecule has 1 atom stereocenters. The summed E-state index contributed by atoms with van der Waals surface area (Å²) in [5.41, 5.74) is -3.35. The second kappa shape index (κ2) is 10.1. The molecule has 2 amide bonds. The van der Waals surface area contributed by atoms with Crippen LogP contribution in [0, 0.1) is 5.41 Å². The lowest BCUT2D eigenvalue weighted by atomic mass is 9.91. The van der Waals surface area contributed by atoms with Crippen molar-refractivity contribution in [1.29, 1.82) is 0 Å². The van der Waals surface area contributed by atoms with Crippen LogP contribution in [0.4, 0.5) is 4.79 Å². The van der Waals surface area contributed by atoms with Crippen LogP contribution in [0.3, 0.4) is 0 Å². The lowest BCUT2D eigenvalue weighted by molar-refractivity contribution is -0.159. The average molecular weight is 442 g/mol. The maximum absolute atomic E-state index is 12.7. The van der Waals surface area contributed by atoms with Gasteiger partial charge in [0.05, 0.1) is 6.61 Å². The first-order valence-corrected chi connectivity index (χ1v) is 10.4. The minimum Gasteiger partial charge on any atom is -0.464 e. The molecule has 0 aliphatic carbocycles. The van der Waals surface area contributed by atoms with Crippen LogP contribution in [0.5, 0.6) is 0 Å². The van der Waals surface area contributed by atoms with Gasteiger partial charge in [0.25, 0.3) is 0 Å². The Morgan fingerprint density at radius 2 is 1.77 bits per heavy atom. The second-order valence-corrected chi connectivity index (χ2v) is 9.24. The lowest BCUT2D eigenvalue weighted by Gasteiger charge is -2.30. The van der Waals surface area contributed by atoms with Crippen molar-refractivity contribution < 1.29 is 33.5 Å². The van der Waals surface area contributed by atoms with E-state index in [0.717, 1.165) is 0 Å². The van der Waals surface area contributed by atoms with E-state index >= 15 is 0 Å². The highest BCUT2D eigenvalue weighted by molar-refractivity contribution is 6.10. The predicted molar refractivity (Wildman–Crippen MR) is 113 cm³/mol. The van der Waals surface area contributed by atoms with Gasteiger partial charge in [0, 0.05) is 6.54 Å². The number of nitrogens with one attached hydrogen (secondary N) is 1. The van der Waals surface area contributed by atoms with E-state index in [1.54, 1.807) is 41.5 Å². The summed E-state index contributed by atoms with van der Waals surface area (Å²) >= 11 is 0. The van der Waals surface area contributed by atoms with Crippen molar-refractivity contribution in [2.75, 3.05) is 13.2 Å². The summed E-state index contributed by atoms with van der Waals surface area (Å²) in [6, 6.07) is 0. The Balaban J connectivity index is 2.81. The van der Waals surface area contributed by atoms with Crippen LogP contribution in [0.15, 0.2) is 5.16 Å². The zero-order valence-electron chi connectivity index (χ0n) is 19.8. The summed E-state index contributed by atoms with van der Waals surface area (Å²) in [6.45, 7) is 13.5. The van der Waals surface area contributed by atoms with Crippen molar-refractivity contribution >= 4 is 29.8 Å². The number of alkyl carbamates (subject to hydrolysis) is 1. The normalized spacial score (nSPS) is 18.3. The Kier molecular flexibility index (Phi) is 8.60. The van der Waals surface area contributed by atoms with E-state index in [9.17, 15) is 19.2 Å². The van der Waals surface area contributed by atoms with Gasteiger partial charge in [0.2, 0.25) is 5.91 Å². The van der Waals surface area contributed by atoms with E-state index in [-0.39, 0.29) is 25.4 Å². The third-order valence-electron chi connectivity index (χ3n) is 4.75. The summed E-state index contributed by atoms with van der Waals surface area (Å²) in [4.78, 5) is 55.6. The summed E-state index contributed by atoms with van der Waals surface area (Å²) < 4.78 is 10.4. The maximum Gasteiger partial charge on any atom is 0.408 e. The molecule has 31 heavy (non-hydrogen) atoms. The van der Waals surface area contributed by atoms with Crippen molar-refractivity contribution in [3.63, 3.8) is 0 Å². The van der Waals surface area contributed by atoms with Crippen LogP contribution < -0.4 is 5.32 Å². The molecule has 1 unspecified atom stereocenters. The summed E-state index contributed by atoms with van der Waals surface area (Å²) in [6.07, 6.45) is 0.527. The molecule has 0 aromatic rings. The average Bonchev–Trinajstić information content (AvgIpc) is 2.69. The molecule has 10 heteroatoms. The number of nitrogens with zero attached hydrogens (tertiary/aromatic N) is 2. The quantitative estimate of drug-likeness (QED) is 0.266. The minimum atomic E-state index is -1.35. The number of amides is 2. The van der Waals surface area contributed by atoms with Crippen LogP contribution in [0.1, 0.15) is 74.7 Å². The van der Waals surface area contributed by atoms with E-state index < -0.39 is 40.5 Å². The molecule has 1 aliphatic rings. The van der Waals surface area contributed by atoms with Gasteiger partial charge in [-0.05, 0) is 74.7 Å². The van der Waals surface area contributed by atoms with Gasteiger partial charge in [-0.15, -0.1) is 0 Å². The number of amidine groups is 1. The van der Waals surface area contributed by atoms with Crippen LogP contribution >= 0.6 is 0 Å². The first kappa shape index (κ1) is 26.4. The number of rotatable bonds is 8. The summed E-state index contributed by atoms with van der Waals surface area (Å²) in [5, 5.41) is 6.32. The van der Waals surface area contributed by atoms with Crippen LogP contribution in [-0.4, -0.2) is 59.0 Å². The third-order valence-corrected chi connectivity index (χ3v) is 4.75. The highest BCUT2D eigenvalue weighted by Crippen LogP contribution is 2.25. The summed E-state index contributed by atoms with van der Waals surface area (Å²) in [5.74, 6) is -1.40. The summed E-state index contributed by atoms with van der Waals surface area (Å²) in [7, 11) is 0. The zero-order valence-corrected chi connectivity index (χ0v) is 19.8. The van der Waals surface area contributed by atoms with E-state index in [1.807, 2.05) is 0 Å². The Morgan fingerprint density at radius 1 is 1.16 bits per heavy atom. The predicted octanol–water partition coefficient (Wildman–Crippen LogP) is 2.75. The van der Waals surface area contributed by atoms with Gasteiger partial charge < -0.3 is 19.6 Å². The van der Waals surface area contributed by atoms with E-state index in [4.69, 9.17) is 14.3 Å². The van der Waals surface area contributed by atoms with Crippen LogP contribution in [0.25, 0.3) is 0 Å². The number of hydrogen-bond donors (Lipinski definition) is 1. The van der Waals surface area contributed by atoms with Crippen molar-refractivity contribution in [3.05, 3.63) is 0 Å². The third kappa shape index (κ3) is 7.22. The molecule has 0 aromatic heterocycles. The number of hydrogen-bond acceptors (Lipinski definition) is 8. The number of ether oxygens (including phenoxy) is 2. The smallest absolute Gasteiger partial charge is 0.408 e. The van der Waals surface area contributed by atoms with Crippen molar-refractivity contribution in [2.45, 2.75) is 85.8 Å². The topological polar surface area (TPSA) is 124 Å². The molecular weight excluding hydrogens is 406 g/mol. The standard InChI is InChI=1S/C21H35N3O7/c1-9-29-17(27)21(8,22-18(28)30-19(3,4)5)12-10-11-13-24-14(2)23-31-16(26)20(6,7)15(24)25/h9-13H2,1-8H3,(H,22,28). The Labute approximate surface area is 183 Å². The molecule has 0 saturated heterocycles. The van der Waals surface area contributed by atoms with Crippen LogP contribution in [0.2, 0.25) is 0 Å². The lowest BCUT2D eigenvalue weighted by Crippen LogP contribution is -2.54. The molecule has 1 heterocycles. The first-order valence-electron chi connectivity index (χ1n) is 10.4. The Hall–Kier alpha value is -2.65. The molecule has 1 N–H and O–H groups in total. The maximum atomic E-state index is 12.7. The molecule has 176 valence electrons. The van der Waals surface area contributed by atoms with Crippen molar-refractivity contribution in [3.8, 4) is 0 Å². The fraction of sp³-hybridized carbons (Fsp3) is 0.762. The zero-order chi connectivity index (χ0) is 24.0. The van der Waals surface area contributed by atoms with E-state index in [1.165, 1.54) is 18.7 Å². The Morgan fingerprint density at radius 3 is 2.32 bits per heavy atom. The van der Waals surface area contributed by atoms with Gasteiger partial charge >= 0.3 is 18.0 Å². The van der Waals surface area contributed by atoms with E-state index in [2.05, 4.69) is 10.5 Å². The first-order chi connectivity index (χ1) is 14.1. The number of carbonyl (C=O) groups excluding carboxylic acids is 4. The van der Waals surface area contributed by atoms with Crippen molar-refractivity contribution in [2.24, 2.45) is 10.6 Å². The van der Waals surface area contributed by atoms with Gasteiger partial charge in [0.1, 0.15) is 22.4 Å². The number of oxime groups is 1. The monoisotopic (exact) mass is 441 g/mol. The minimum absolute atomic E-state index is 0.172. The molecule has 10 nitrogen and oxygen atoms in total. The fourth-order valence-electron chi connectivity index (χ4n) is 2.89. The SMILES string of the molecule is CCOC(=O)C(C)(CCCCN1C(=O)C(C)(C)C(=O)ON=C1C)NC(=O)OC(C)(C)C. The molecule has 0 aromatic carbocycles. The Bertz CT molecular complexity index is 740. The van der Waals surface area contributed by atoms with Gasteiger partial charge in [-0.1, -0.05) is 5.16 Å². The molecule has 0 radical (unpaired) electrons. The van der Waals surface area contributed by atoms with Crippen LogP contribution in [-0.2, 0) is 28.7 Å². The molecule has 0 fully saturated rings. The molecule has 1 aliphatic heterocycles. The van der Waals surface area contributed by atoms with Crippen molar-refractivity contribution in [1.82, 2.24) is 10.2 Å². The number of unbranched alkanes of at least 4 members (excludes halogenated alkanes) is 1.